The highest BCUT2D eigenvalue weighted by Crippen LogP contribution is 2.14. The van der Waals surface area contributed by atoms with Crippen LogP contribution in [-0.2, 0) is 19.1 Å². The first-order chi connectivity index (χ1) is 11.0. The van der Waals surface area contributed by atoms with Crippen LogP contribution in [0.2, 0.25) is 0 Å². The first-order valence-electron chi connectivity index (χ1n) is 6.32. The number of hydrogen-bond acceptors (Lipinski definition) is 7. The van der Waals surface area contributed by atoms with Crippen LogP contribution in [0, 0.1) is 0 Å². The zero-order chi connectivity index (χ0) is 17.2. The molecule has 23 heavy (non-hydrogen) atoms. The molecule has 0 aliphatic rings. The summed E-state index contributed by atoms with van der Waals surface area (Å²) in [6.45, 7) is -0.586. The van der Waals surface area contributed by atoms with Gasteiger partial charge in [-0.1, -0.05) is 12.1 Å². The molecule has 0 saturated heterocycles. The van der Waals surface area contributed by atoms with E-state index in [2.05, 4.69) is 20.2 Å². The SMILES string of the molecule is COC(=O)C(=O)Nc1ccccc1C(=O)NNC(=O)OCCO. The molecule has 4 N–H and O–H groups in total. The number of benzene rings is 1. The van der Waals surface area contributed by atoms with Crippen molar-refractivity contribution in [2.45, 2.75) is 0 Å². The van der Waals surface area contributed by atoms with Crippen LogP contribution in [0.25, 0.3) is 0 Å². The summed E-state index contributed by atoms with van der Waals surface area (Å²) in [7, 11) is 1.04. The molecule has 1 rings (SSSR count). The Morgan fingerprint density at radius 2 is 1.83 bits per heavy atom. The van der Waals surface area contributed by atoms with Crippen LogP contribution in [-0.4, -0.2) is 49.3 Å². The summed E-state index contributed by atoms with van der Waals surface area (Å²) in [6.07, 6.45) is -0.969. The molecule has 0 bridgehead atoms. The molecule has 3 amide bonds. The minimum Gasteiger partial charge on any atom is -0.462 e. The number of hydrazine groups is 1. The summed E-state index contributed by atoms with van der Waals surface area (Å²) in [4.78, 5) is 45.7. The number of rotatable bonds is 4. The maximum Gasteiger partial charge on any atom is 0.426 e. The Balaban J connectivity index is 2.72. The zero-order valence-corrected chi connectivity index (χ0v) is 12.1. The summed E-state index contributed by atoms with van der Waals surface area (Å²) in [5, 5.41) is 10.7. The molecule has 0 unspecified atom stereocenters. The van der Waals surface area contributed by atoms with E-state index in [9.17, 15) is 19.2 Å². The van der Waals surface area contributed by atoms with Crippen LogP contribution >= 0.6 is 0 Å². The van der Waals surface area contributed by atoms with Crippen molar-refractivity contribution in [1.29, 1.82) is 0 Å². The maximum atomic E-state index is 12.0. The van der Waals surface area contributed by atoms with Crippen LogP contribution in [0.3, 0.4) is 0 Å². The van der Waals surface area contributed by atoms with E-state index in [-0.39, 0.29) is 24.5 Å². The largest absolute Gasteiger partial charge is 0.462 e. The van der Waals surface area contributed by atoms with E-state index in [0.717, 1.165) is 7.11 Å². The third kappa shape index (κ3) is 5.63. The number of aliphatic hydroxyl groups excluding tert-OH is 1. The van der Waals surface area contributed by atoms with E-state index in [1.54, 1.807) is 0 Å². The average Bonchev–Trinajstić information content (AvgIpc) is 2.57. The molecule has 0 fully saturated rings. The van der Waals surface area contributed by atoms with E-state index in [1.165, 1.54) is 24.3 Å². The highest BCUT2D eigenvalue weighted by atomic mass is 16.6. The Labute approximate surface area is 130 Å². The van der Waals surface area contributed by atoms with Gasteiger partial charge in [0.1, 0.15) is 6.61 Å². The first-order valence-corrected chi connectivity index (χ1v) is 6.32. The number of para-hydroxylation sites is 1. The topological polar surface area (TPSA) is 143 Å². The number of carbonyl (C=O) groups excluding carboxylic acids is 4. The lowest BCUT2D eigenvalue weighted by Crippen LogP contribution is -2.42. The number of esters is 1. The second-order valence-electron chi connectivity index (χ2n) is 3.93. The molecule has 10 heteroatoms. The van der Waals surface area contributed by atoms with Gasteiger partial charge >= 0.3 is 18.0 Å². The smallest absolute Gasteiger partial charge is 0.426 e. The lowest BCUT2D eigenvalue weighted by atomic mass is 10.1. The van der Waals surface area contributed by atoms with Crippen molar-refractivity contribution in [1.82, 2.24) is 10.9 Å². The Bertz CT molecular complexity index is 603. The molecular formula is C13H15N3O7. The van der Waals surface area contributed by atoms with Gasteiger partial charge in [0.25, 0.3) is 5.91 Å². The quantitative estimate of drug-likeness (QED) is 0.321. The Kier molecular flexibility index (Phi) is 7.01. The van der Waals surface area contributed by atoms with E-state index in [4.69, 9.17) is 5.11 Å². The van der Waals surface area contributed by atoms with Gasteiger partial charge in [-0.3, -0.25) is 15.0 Å². The van der Waals surface area contributed by atoms with Gasteiger partial charge < -0.3 is 19.9 Å². The Morgan fingerprint density at radius 1 is 1.13 bits per heavy atom. The summed E-state index contributed by atoms with van der Waals surface area (Å²) in [6, 6.07) is 5.81. The fourth-order valence-electron chi connectivity index (χ4n) is 1.41. The minimum absolute atomic E-state index is 0.00721. The van der Waals surface area contributed by atoms with Gasteiger partial charge in [0.2, 0.25) is 0 Å². The van der Waals surface area contributed by atoms with Gasteiger partial charge in [-0.05, 0) is 12.1 Å². The standard InChI is InChI=1S/C13H15N3O7/c1-22-12(20)11(19)14-9-5-3-2-4-8(9)10(18)15-16-13(21)23-7-6-17/h2-5,17H,6-7H2,1H3,(H,14,19)(H,15,18)(H,16,21). The summed E-state index contributed by atoms with van der Waals surface area (Å²) >= 11 is 0. The fraction of sp³-hybridized carbons (Fsp3) is 0.231. The minimum atomic E-state index is -1.12. The Hall–Kier alpha value is -3.14. The van der Waals surface area contributed by atoms with Crippen LogP contribution < -0.4 is 16.2 Å². The molecule has 0 radical (unpaired) electrons. The van der Waals surface area contributed by atoms with E-state index in [1.807, 2.05) is 5.43 Å². The lowest BCUT2D eigenvalue weighted by molar-refractivity contribution is -0.150. The summed E-state index contributed by atoms with van der Waals surface area (Å²) < 4.78 is 8.73. The predicted molar refractivity (Wildman–Crippen MR) is 76.1 cm³/mol. The number of carbonyl (C=O) groups is 4. The molecule has 1 aromatic carbocycles. The molecule has 10 nitrogen and oxygen atoms in total. The number of methoxy groups -OCH3 is 1. The fourth-order valence-corrected chi connectivity index (χ4v) is 1.41. The van der Waals surface area contributed by atoms with Crippen molar-refractivity contribution < 1.29 is 33.8 Å². The Morgan fingerprint density at radius 3 is 2.48 bits per heavy atom. The molecule has 124 valence electrons. The average molecular weight is 325 g/mol. The number of aliphatic hydroxyl groups is 1. The zero-order valence-electron chi connectivity index (χ0n) is 12.1. The molecule has 0 aliphatic carbocycles. The highest BCUT2D eigenvalue weighted by molar-refractivity contribution is 6.37. The van der Waals surface area contributed by atoms with Crippen molar-refractivity contribution in [3.05, 3.63) is 29.8 Å². The van der Waals surface area contributed by atoms with Crippen molar-refractivity contribution in [2.24, 2.45) is 0 Å². The maximum absolute atomic E-state index is 12.0. The van der Waals surface area contributed by atoms with Crippen molar-refractivity contribution in [3.63, 3.8) is 0 Å². The predicted octanol–water partition coefficient (Wildman–Crippen LogP) is -0.839. The molecular weight excluding hydrogens is 310 g/mol. The summed E-state index contributed by atoms with van der Waals surface area (Å²) in [5.41, 5.74) is 4.05. The number of ether oxygens (including phenoxy) is 2. The van der Waals surface area contributed by atoms with Crippen molar-refractivity contribution in [3.8, 4) is 0 Å². The third-order valence-electron chi connectivity index (χ3n) is 2.39. The van der Waals surface area contributed by atoms with Crippen LogP contribution in [0.1, 0.15) is 10.4 Å². The molecule has 0 saturated carbocycles. The summed E-state index contributed by atoms with van der Waals surface area (Å²) in [5.74, 6) is -2.93. The van der Waals surface area contributed by atoms with Crippen LogP contribution in [0.4, 0.5) is 10.5 Å². The van der Waals surface area contributed by atoms with Crippen LogP contribution in [0.15, 0.2) is 24.3 Å². The van der Waals surface area contributed by atoms with Gasteiger partial charge in [-0.2, -0.15) is 0 Å². The lowest BCUT2D eigenvalue weighted by Gasteiger charge is -2.11. The van der Waals surface area contributed by atoms with Crippen molar-refractivity contribution in [2.75, 3.05) is 25.6 Å². The van der Waals surface area contributed by atoms with Gasteiger partial charge in [0, 0.05) is 0 Å². The van der Waals surface area contributed by atoms with Gasteiger partial charge in [0.15, 0.2) is 0 Å². The van der Waals surface area contributed by atoms with E-state index in [0.29, 0.717) is 0 Å². The van der Waals surface area contributed by atoms with Gasteiger partial charge in [-0.25, -0.2) is 15.0 Å². The molecule has 0 aliphatic heterocycles. The number of hydrogen-bond donors (Lipinski definition) is 4. The molecule has 0 aromatic heterocycles. The third-order valence-corrected chi connectivity index (χ3v) is 2.39. The number of anilines is 1. The second kappa shape index (κ2) is 9.00. The number of nitrogens with one attached hydrogen (secondary N) is 3. The van der Waals surface area contributed by atoms with Crippen molar-refractivity contribution >= 4 is 29.6 Å². The monoisotopic (exact) mass is 325 g/mol. The molecule has 1 aromatic rings. The second-order valence-corrected chi connectivity index (χ2v) is 3.93. The number of amides is 3. The van der Waals surface area contributed by atoms with Gasteiger partial charge in [0.05, 0.1) is 25.0 Å². The highest BCUT2D eigenvalue weighted by Gasteiger charge is 2.18. The van der Waals surface area contributed by atoms with Gasteiger partial charge in [-0.15, -0.1) is 0 Å². The molecule has 0 atom stereocenters. The molecule has 0 heterocycles. The normalized spacial score (nSPS) is 9.48. The van der Waals surface area contributed by atoms with E-state index < -0.39 is 23.9 Å². The van der Waals surface area contributed by atoms with Crippen LogP contribution in [0.5, 0.6) is 0 Å². The van der Waals surface area contributed by atoms with E-state index >= 15 is 0 Å². The first kappa shape index (κ1) is 17.9. The molecule has 0 spiro atoms.